The zero-order valence-corrected chi connectivity index (χ0v) is 9.82. The zero-order valence-electron chi connectivity index (χ0n) is 9.82. The van der Waals surface area contributed by atoms with E-state index in [0.717, 1.165) is 19.1 Å². The molecule has 1 rings (SSSR count). The molecule has 0 aromatic heterocycles. The summed E-state index contributed by atoms with van der Waals surface area (Å²) in [5, 5.41) is 0. The minimum absolute atomic E-state index is 0.0542. The van der Waals surface area contributed by atoms with Gasteiger partial charge in [-0.15, -0.1) is 0 Å². The van der Waals surface area contributed by atoms with Gasteiger partial charge in [0, 0.05) is 12.8 Å². The molecule has 1 saturated carbocycles. The maximum absolute atomic E-state index is 11.9. The number of methoxy groups -OCH3 is 1. The Balaban J connectivity index is 2.89. The van der Waals surface area contributed by atoms with Crippen molar-refractivity contribution in [2.75, 3.05) is 7.11 Å². The van der Waals surface area contributed by atoms with Gasteiger partial charge in [-0.1, -0.05) is 0 Å². The molecule has 0 amide bonds. The van der Waals surface area contributed by atoms with Gasteiger partial charge in [-0.05, 0) is 32.1 Å². The normalized spacial score (nSPS) is 29.9. The van der Waals surface area contributed by atoms with Crippen molar-refractivity contribution in [1.82, 2.24) is 0 Å². The molecule has 1 fully saturated rings. The summed E-state index contributed by atoms with van der Waals surface area (Å²) in [6, 6.07) is 0. The molecular formula is C12H18O4. The Labute approximate surface area is 95.3 Å². The predicted molar refractivity (Wildman–Crippen MR) is 57.8 cm³/mol. The molecule has 0 unspecified atom stereocenters. The molecule has 0 aromatic carbocycles. The van der Waals surface area contributed by atoms with Gasteiger partial charge in [0.2, 0.25) is 0 Å². The van der Waals surface area contributed by atoms with Crippen molar-refractivity contribution < 1.29 is 19.1 Å². The van der Waals surface area contributed by atoms with Crippen molar-refractivity contribution in [2.24, 2.45) is 11.3 Å². The molecule has 0 aromatic rings. The van der Waals surface area contributed by atoms with Gasteiger partial charge < -0.3 is 9.53 Å². The summed E-state index contributed by atoms with van der Waals surface area (Å²) in [5.41, 5.74) is -1.05. The molecule has 0 saturated heterocycles. The zero-order chi connectivity index (χ0) is 12.2. The van der Waals surface area contributed by atoms with E-state index in [1.165, 1.54) is 7.11 Å². The number of esters is 1. The second-order valence-electron chi connectivity index (χ2n) is 4.45. The standard InChI is InChI=1S/C12H18O4/c1-12(11(15)16-2)9(6-4-8-13)5-3-7-10(12)14/h8-9H,3-7H2,1-2H3/t9-,12+/m0/s1. The number of carbonyl (C=O) groups excluding carboxylic acids is 3. The molecule has 16 heavy (non-hydrogen) atoms. The van der Waals surface area contributed by atoms with E-state index < -0.39 is 11.4 Å². The highest BCUT2D eigenvalue weighted by Gasteiger charge is 2.49. The maximum atomic E-state index is 11.9. The van der Waals surface area contributed by atoms with Crippen molar-refractivity contribution in [3.8, 4) is 0 Å². The minimum atomic E-state index is -1.05. The molecule has 4 nitrogen and oxygen atoms in total. The van der Waals surface area contributed by atoms with Gasteiger partial charge in [-0.2, -0.15) is 0 Å². The lowest BCUT2D eigenvalue weighted by atomic mass is 9.65. The Morgan fingerprint density at radius 2 is 2.31 bits per heavy atom. The Morgan fingerprint density at radius 1 is 1.62 bits per heavy atom. The summed E-state index contributed by atoms with van der Waals surface area (Å²) in [6.07, 6.45) is 3.85. The van der Waals surface area contributed by atoms with Gasteiger partial charge in [0.25, 0.3) is 0 Å². The summed E-state index contributed by atoms with van der Waals surface area (Å²) in [5.74, 6) is -0.582. The maximum Gasteiger partial charge on any atom is 0.319 e. The van der Waals surface area contributed by atoms with Crippen LogP contribution in [-0.2, 0) is 19.1 Å². The van der Waals surface area contributed by atoms with E-state index in [2.05, 4.69) is 0 Å². The molecule has 0 spiro atoms. The number of ether oxygens (including phenoxy) is 1. The van der Waals surface area contributed by atoms with Crippen LogP contribution in [0.1, 0.15) is 39.0 Å². The molecular weight excluding hydrogens is 208 g/mol. The van der Waals surface area contributed by atoms with Crippen molar-refractivity contribution in [2.45, 2.75) is 39.0 Å². The smallest absolute Gasteiger partial charge is 0.319 e. The average molecular weight is 226 g/mol. The number of rotatable bonds is 4. The molecule has 2 atom stereocenters. The van der Waals surface area contributed by atoms with Crippen LogP contribution in [0.2, 0.25) is 0 Å². The van der Waals surface area contributed by atoms with E-state index in [1.807, 2.05) is 0 Å². The van der Waals surface area contributed by atoms with Gasteiger partial charge in [-0.25, -0.2) is 0 Å². The molecule has 0 heterocycles. The number of Topliss-reactive ketones (excluding diaryl/α,β-unsaturated/α-hetero) is 1. The first-order valence-corrected chi connectivity index (χ1v) is 5.62. The highest BCUT2D eigenvalue weighted by Crippen LogP contribution is 2.41. The third kappa shape index (κ3) is 2.15. The summed E-state index contributed by atoms with van der Waals surface area (Å²) in [7, 11) is 1.30. The molecule has 0 bridgehead atoms. The number of hydrogen-bond acceptors (Lipinski definition) is 4. The van der Waals surface area contributed by atoms with Crippen LogP contribution >= 0.6 is 0 Å². The van der Waals surface area contributed by atoms with Crippen LogP contribution in [-0.4, -0.2) is 25.1 Å². The highest BCUT2D eigenvalue weighted by molar-refractivity contribution is 6.04. The second kappa shape index (κ2) is 5.23. The van der Waals surface area contributed by atoms with Crippen molar-refractivity contribution in [3.05, 3.63) is 0 Å². The lowest BCUT2D eigenvalue weighted by Crippen LogP contribution is -2.46. The van der Waals surface area contributed by atoms with Crippen LogP contribution in [0.5, 0.6) is 0 Å². The second-order valence-corrected chi connectivity index (χ2v) is 4.45. The fraction of sp³-hybridized carbons (Fsp3) is 0.750. The molecule has 1 aliphatic carbocycles. The SMILES string of the molecule is COC(=O)[C@@]1(C)C(=O)CCC[C@H]1CCC=O. The topological polar surface area (TPSA) is 60.4 Å². The van der Waals surface area contributed by atoms with Crippen LogP contribution in [0.25, 0.3) is 0 Å². The molecule has 0 radical (unpaired) electrons. The van der Waals surface area contributed by atoms with E-state index in [-0.39, 0.29) is 11.7 Å². The van der Waals surface area contributed by atoms with E-state index >= 15 is 0 Å². The van der Waals surface area contributed by atoms with Gasteiger partial charge in [0.15, 0.2) is 0 Å². The quantitative estimate of drug-likeness (QED) is 0.414. The first-order valence-electron chi connectivity index (χ1n) is 5.62. The Bertz CT molecular complexity index is 287. The van der Waals surface area contributed by atoms with Gasteiger partial charge in [0.05, 0.1) is 7.11 Å². The Morgan fingerprint density at radius 3 is 2.88 bits per heavy atom. The van der Waals surface area contributed by atoms with E-state index in [9.17, 15) is 14.4 Å². The summed E-state index contributed by atoms with van der Waals surface area (Å²) in [6.45, 7) is 1.65. The van der Waals surface area contributed by atoms with Crippen LogP contribution in [0.3, 0.4) is 0 Å². The van der Waals surface area contributed by atoms with E-state index in [0.29, 0.717) is 19.3 Å². The van der Waals surface area contributed by atoms with Crippen molar-refractivity contribution >= 4 is 18.0 Å². The number of hydrogen-bond donors (Lipinski definition) is 0. The third-order valence-corrected chi connectivity index (χ3v) is 3.59. The molecule has 0 N–H and O–H groups in total. The largest absolute Gasteiger partial charge is 0.468 e. The monoisotopic (exact) mass is 226 g/mol. The molecule has 90 valence electrons. The fourth-order valence-electron chi connectivity index (χ4n) is 2.48. The summed E-state index contributed by atoms with van der Waals surface area (Å²) in [4.78, 5) is 34.0. The Kier molecular flexibility index (Phi) is 4.21. The van der Waals surface area contributed by atoms with Crippen LogP contribution in [0.4, 0.5) is 0 Å². The number of carbonyl (C=O) groups is 3. The van der Waals surface area contributed by atoms with Crippen LogP contribution in [0.15, 0.2) is 0 Å². The average Bonchev–Trinajstić information content (AvgIpc) is 2.30. The van der Waals surface area contributed by atoms with Crippen LogP contribution in [0, 0.1) is 11.3 Å². The van der Waals surface area contributed by atoms with Gasteiger partial charge in [0.1, 0.15) is 17.5 Å². The lowest BCUT2D eigenvalue weighted by Gasteiger charge is -2.37. The number of aldehydes is 1. The van der Waals surface area contributed by atoms with Crippen LogP contribution < -0.4 is 0 Å². The first kappa shape index (κ1) is 12.9. The first-order chi connectivity index (χ1) is 7.57. The van der Waals surface area contributed by atoms with E-state index in [4.69, 9.17) is 4.74 Å². The lowest BCUT2D eigenvalue weighted by molar-refractivity contribution is -0.163. The summed E-state index contributed by atoms with van der Waals surface area (Å²) >= 11 is 0. The highest BCUT2D eigenvalue weighted by atomic mass is 16.5. The molecule has 4 heteroatoms. The minimum Gasteiger partial charge on any atom is -0.468 e. The predicted octanol–water partition coefficient (Wildman–Crippen LogP) is 1.51. The van der Waals surface area contributed by atoms with E-state index in [1.54, 1.807) is 6.92 Å². The van der Waals surface area contributed by atoms with Crippen molar-refractivity contribution in [1.29, 1.82) is 0 Å². The fourth-order valence-corrected chi connectivity index (χ4v) is 2.48. The third-order valence-electron chi connectivity index (χ3n) is 3.59. The number of ketones is 1. The molecule has 1 aliphatic rings. The molecule has 0 aliphatic heterocycles. The van der Waals surface area contributed by atoms with Gasteiger partial charge >= 0.3 is 5.97 Å². The Hall–Kier alpha value is -1.19. The summed E-state index contributed by atoms with van der Waals surface area (Å²) < 4.78 is 4.73. The van der Waals surface area contributed by atoms with Crippen molar-refractivity contribution in [3.63, 3.8) is 0 Å². The van der Waals surface area contributed by atoms with Gasteiger partial charge in [-0.3, -0.25) is 9.59 Å².